The molecule has 0 spiro atoms. The van der Waals surface area contributed by atoms with Crippen LogP contribution in [0.4, 0.5) is 4.39 Å². The van der Waals surface area contributed by atoms with Gasteiger partial charge in [0.2, 0.25) is 11.8 Å². The molecule has 1 saturated heterocycles. The highest BCUT2D eigenvalue weighted by atomic mass is 19.1. The number of hydrogen-bond acceptors (Lipinski definition) is 3. The molecule has 1 aliphatic rings. The summed E-state index contributed by atoms with van der Waals surface area (Å²) in [5.41, 5.74) is 0.907. The molecule has 1 heterocycles. The fourth-order valence-electron chi connectivity index (χ4n) is 3.32. The van der Waals surface area contributed by atoms with Crippen LogP contribution in [0.15, 0.2) is 24.3 Å². The van der Waals surface area contributed by atoms with Gasteiger partial charge in [-0.1, -0.05) is 32.9 Å². The number of amides is 2. The number of carbonyl (C=O) groups excluding carboxylic acids is 2. The Kier molecular flexibility index (Phi) is 7.78. The monoisotopic (exact) mass is 377 g/mol. The molecular weight excluding hydrogens is 345 g/mol. The van der Waals surface area contributed by atoms with Crippen LogP contribution in [-0.4, -0.2) is 60.9 Å². The smallest absolute Gasteiger partial charge is 0.245 e. The molecule has 2 amide bonds. The van der Waals surface area contributed by atoms with E-state index in [4.69, 9.17) is 0 Å². The lowest BCUT2D eigenvalue weighted by molar-refractivity contribution is -0.139. The largest absolute Gasteiger partial charge is 0.344 e. The molecule has 6 heteroatoms. The summed E-state index contributed by atoms with van der Waals surface area (Å²) in [4.78, 5) is 29.7. The number of benzene rings is 1. The Morgan fingerprint density at radius 3 is 2.22 bits per heavy atom. The average molecular weight is 378 g/mol. The van der Waals surface area contributed by atoms with Crippen molar-refractivity contribution in [1.82, 2.24) is 15.1 Å². The summed E-state index contributed by atoms with van der Waals surface area (Å²) < 4.78 is 13.0. The zero-order chi connectivity index (χ0) is 20.0. The normalized spacial score (nSPS) is 17.6. The summed E-state index contributed by atoms with van der Waals surface area (Å²) in [6, 6.07) is 5.70. The molecule has 27 heavy (non-hydrogen) atoms. The number of likely N-dealkylation sites (N-methyl/N-ethyl adjacent to an activating group) is 1. The topological polar surface area (TPSA) is 52.7 Å². The first-order valence-corrected chi connectivity index (χ1v) is 9.78. The van der Waals surface area contributed by atoms with Gasteiger partial charge in [0, 0.05) is 32.1 Å². The van der Waals surface area contributed by atoms with E-state index in [1.54, 1.807) is 12.1 Å². The second kappa shape index (κ2) is 9.83. The van der Waals surface area contributed by atoms with Crippen molar-refractivity contribution in [2.75, 3.05) is 33.2 Å². The van der Waals surface area contributed by atoms with Crippen molar-refractivity contribution in [3.63, 3.8) is 0 Å². The molecule has 1 aliphatic heterocycles. The lowest BCUT2D eigenvalue weighted by Crippen LogP contribution is -2.55. The molecule has 1 aromatic rings. The predicted octanol–water partition coefficient (Wildman–Crippen LogP) is 2.31. The van der Waals surface area contributed by atoms with Crippen molar-refractivity contribution in [3.8, 4) is 0 Å². The van der Waals surface area contributed by atoms with Crippen LogP contribution in [-0.2, 0) is 16.0 Å². The van der Waals surface area contributed by atoms with Crippen LogP contribution in [0.1, 0.15) is 32.8 Å². The van der Waals surface area contributed by atoms with Gasteiger partial charge < -0.3 is 15.1 Å². The molecule has 2 atom stereocenters. The third-order valence-corrected chi connectivity index (χ3v) is 5.04. The number of carbonyl (C=O) groups is 2. The number of hydrogen-bond donors (Lipinski definition) is 1. The van der Waals surface area contributed by atoms with Crippen molar-refractivity contribution in [3.05, 3.63) is 35.6 Å². The van der Waals surface area contributed by atoms with Crippen LogP contribution in [0.5, 0.6) is 0 Å². The first kappa shape index (κ1) is 21.4. The van der Waals surface area contributed by atoms with Crippen LogP contribution >= 0.6 is 0 Å². The van der Waals surface area contributed by atoms with Crippen LogP contribution < -0.4 is 5.32 Å². The number of piperazine rings is 1. The second-order valence-corrected chi connectivity index (χ2v) is 8.05. The zero-order valence-corrected chi connectivity index (χ0v) is 16.9. The van der Waals surface area contributed by atoms with Crippen molar-refractivity contribution in [1.29, 1.82) is 0 Å². The first-order chi connectivity index (χ1) is 12.8. The highest BCUT2D eigenvalue weighted by Crippen LogP contribution is 2.14. The molecule has 1 aromatic carbocycles. The minimum Gasteiger partial charge on any atom is -0.344 e. The first-order valence-electron chi connectivity index (χ1n) is 9.78. The summed E-state index contributed by atoms with van der Waals surface area (Å²) in [5, 5.41) is 2.97. The van der Waals surface area contributed by atoms with E-state index in [1.165, 1.54) is 12.1 Å². The minimum atomic E-state index is -0.489. The second-order valence-electron chi connectivity index (χ2n) is 8.05. The third-order valence-electron chi connectivity index (χ3n) is 5.04. The molecule has 2 rings (SSSR count). The Bertz CT molecular complexity index is 625. The molecule has 1 N–H and O–H groups in total. The fraction of sp³-hybridized carbons (Fsp3) is 0.619. The van der Waals surface area contributed by atoms with Crippen LogP contribution in [0.3, 0.4) is 0 Å². The summed E-state index contributed by atoms with van der Waals surface area (Å²) in [6.45, 7) is 9.06. The van der Waals surface area contributed by atoms with Crippen LogP contribution in [0, 0.1) is 17.7 Å². The molecule has 1 unspecified atom stereocenters. The highest BCUT2D eigenvalue weighted by Gasteiger charge is 2.29. The molecule has 0 bridgehead atoms. The van der Waals surface area contributed by atoms with Gasteiger partial charge in [-0.3, -0.25) is 9.59 Å². The van der Waals surface area contributed by atoms with Crippen molar-refractivity contribution >= 4 is 11.8 Å². The maximum absolute atomic E-state index is 13.0. The van der Waals surface area contributed by atoms with E-state index in [1.807, 2.05) is 18.9 Å². The maximum atomic E-state index is 13.0. The van der Waals surface area contributed by atoms with Gasteiger partial charge in [0.15, 0.2) is 0 Å². The Hall–Kier alpha value is -1.95. The lowest BCUT2D eigenvalue weighted by atomic mass is 9.98. The quantitative estimate of drug-likeness (QED) is 0.793. The number of nitrogens with one attached hydrogen (secondary N) is 1. The number of rotatable bonds is 7. The number of halogens is 1. The van der Waals surface area contributed by atoms with Gasteiger partial charge in [-0.15, -0.1) is 0 Å². The minimum absolute atomic E-state index is 0.0131. The maximum Gasteiger partial charge on any atom is 0.245 e. The molecule has 0 saturated carbocycles. The van der Waals surface area contributed by atoms with Gasteiger partial charge in [0.05, 0.1) is 0 Å². The Balaban J connectivity index is 1.97. The van der Waals surface area contributed by atoms with Gasteiger partial charge >= 0.3 is 0 Å². The Labute approximate surface area is 161 Å². The van der Waals surface area contributed by atoms with Gasteiger partial charge in [-0.2, -0.15) is 0 Å². The molecular formula is C21H32FN3O2. The van der Waals surface area contributed by atoms with Gasteiger partial charge in [0.1, 0.15) is 11.9 Å². The van der Waals surface area contributed by atoms with Gasteiger partial charge in [-0.05, 0) is 43.5 Å². The summed E-state index contributed by atoms with van der Waals surface area (Å²) >= 11 is 0. The summed E-state index contributed by atoms with van der Waals surface area (Å²) in [6.07, 6.45) is 1.14. The Morgan fingerprint density at radius 1 is 1.07 bits per heavy atom. The van der Waals surface area contributed by atoms with E-state index in [9.17, 15) is 14.0 Å². The van der Waals surface area contributed by atoms with Gasteiger partial charge in [0.25, 0.3) is 0 Å². The van der Waals surface area contributed by atoms with Crippen molar-refractivity contribution < 1.29 is 14.0 Å². The molecule has 0 radical (unpaired) electrons. The third kappa shape index (κ3) is 6.61. The molecule has 1 fully saturated rings. The van der Waals surface area contributed by atoms with Gasteiger partial charge in [-0.25, -0.2) is 4.39 Å². The van der Waals surface area contributed by atoms with E-state index in [-0.39, 0.29) is 23.5 Å². The summed E-state index contributed by atoms with van der Waals surface area (Å²) in [7, 11) is 2.05. The molecule has 5 nitrogen and oxygen atoms in total. The SMILES string of the molecule is CC(C)C[C@@H](NC(=O)C(C)Cc1ccc(F)cc1)C(=O)N1CCN(C)CC1. The lowest BCUT2D eigenvalue weighted by Gasteiger charge is -2.35. The summed E-state index contributed by atoms with van der Waals surface area (Å²) in [5.74, 6) is -0.387. The zero-order valence-electron chi connectivity index (χ0n) is 16.9. The van der Waals surface area contributed by atoms with E-state index in [2.05, 4.69) is 24.1 Å². The van der Waals surface area contributed by atoms with Crippen LogP contribution in [0.2, 0.25) is 0 Å². The number of nitrogens with zero attached hydrogens (tertiary/aromatic N) is 2. The fourth-order valence-corrected chi connectivity index (χ4v) is 3.32. The molecule has 150 valence electrons. The van der Waals surface area contributed by atoms with Crippen LogP contribution in [0.25, 0.3) is 0 Å². The van der Waals surface area contributed by atoms with E-state index < -0.39 is 6.04 Å². The Morgan fingerprint density at radius 2 is 1.67 bits per heavy atom. The van der Waals surface area contributed by atoms with Crippen molar-refractivity contribution in [2.24, 2.45) is 11.8 Å². The standard InChI is InChI=1S/C21H32FN3O2/c1-15(2)13-19(21(27)25-11-9-24(4)10-12-25)23-20(26)16(3)14-17-5-7-18(22)8-6-17/h5-8,15-16,19H,9-14H2,1-4H3,(H,23,26)/t16?,19-/m1/s1. The molecule has 0 aliphatic carbocycles. The predicted molar refractivity (Wildman–Crippen MR) is 105 cm³/mol. The average Bonchev–Trinajstić information content (AvgIpc) is 2.62. The van der Waals surface area contributed by atoms with Crippen molar-refractivity contribution in [2.45, 2.75) is 39.7 Å². The van der Waals surface area contributed by atoms with E-state index in [0.717, 1.165) is 18.7 Å². The highest BCUT2D eigenvalue weighted by molar-refractivity contribution is 5.88. The molecule has 0 aromatic heterocycles. The van der Waals surface area contributed by atoms with E-state index >= 15 is 0 Å². The van der Waals surface area contributed by atoms with E-state index in [0.29, 0.717) is 31.8 Å².